The van der Waals surface area contributed by atoms with E-state index >= 15 is 0 Å². The minimum Gasteiger partial charge on any atom is -0.303 e. The van der Waals surface area contributed by atoms with Crippen molar-refractivity contribution >= 4 is 5.78 Å². The summed E-state index contributed by atoms with van der Waals surface area (Å²) in [5, 5.41) is 0. The van der Waals surface area contributed by atoms with Gasteiger partial charge in [0.05, 0.1) is 0 Å². The average molecular weight is 287 g/mol. The normalized spacial score (nSPS) is 20.4. The number of ketones is 1. The number of Topliss-reactive ketones (excluding diaryl/α,β-unsaturated/α-hetero) is 1. The first-order valence-electron chi connectivity index (χ1n) is 8.47. The Hall–Kier alpha value is -1.15. The lowest BCUT2D eigenvalue weighted by atomic mass is 9.89. The molecule has 1 aliphatic rings. The van der Waals surface area contributed by atoms with Gasteiger partial charge in [0, 0.05) is 12.0 Å². The first-order valence-corrected chi connectivity index (χ1v) is 8.47. The first kappa shape index (κ1) is 16.2. The van der Waals surface area contributed by atoms with Gasteiger partial charge < -0.3 is 4.90 Å². The van der Waals surface area contributed by atoms with Crippen molar-refractivity contribution in [3.8, 4) is 0 Å². The molecule has 0 saturated carbocycles. The summed E-state index contributed by atoms with van der Waals surface area (Å²) < 4.78 is 0. The molecule has 1 aliphatic heterocycles. The largest absolute Gasteiger partial charge is 0.303 e. The predicted molar refractivity (Wildman–Crippen MR) is 88.6 cm³/mol. The smallest absolute Gasteiger partial charge is 0.162 e. The second-order valence-electron chi connectivity index (χ2n) is 6.67. The van der Waals surface area contributed by atoms with Crippen LogP contribution >= 0.6 is 0 Å². The number of rotatable bonds is 6. The summed E-state index contributed by atoms with van der Waals surface area (Å²) in [5.41, 5.74) is 0.855. The molecule has 2 nitrogen and oxygen atoms in total. The molecule has 1 aromatic carbocycles. The van der Waals surface area contributed by atoms with Crippen LogP contribution in [0.4, 0.5) is 0 Å². The van der Waals surface area contributed by atoms with Crippen LogP contribution in [0.5, 0.6) is 0 Å². The zero-order chi connectivity index (χ0) is 15.1. The first-order chi connectivity index (χ1) is 10.2. The minimum absolute atomic E-state index is 0.283. The van der Waals surface area contributed by atoms with E-state index in [-0.39, 0.29) is 5.78 Å². The Bertz CT molecular complexity index is 426. The lowest BCUT2D eigenvalue weighted by molar-refractivity contribution is 0.0975. The van der Waals surface area contributed by atoms with Gasteiger partial charge in [-0.1, -0.05) is 44.2 Å². The summed E-state index contributed by atoms with van der Waals surface area (Å²) >= 11 is 0. The summed E-state index contributed by atoms with van der Waals surface area (Å²) in [7, 11) is 0. The molecule has 21 heavy (non-hydrogen) atoms. The van der Waals surface area contributed by atoms with E-state index in [1.165, 1.54) is 32.4 Å². The fraction of sp³-hybridized carbons (Fsp3) is 0.632. The fourth-order valence-electron chi connectivity index (χ4n) is 3.30. The monoisotopic (exact) mass is 287 g/mol. The fourth-order valence-corrected chi connectivity index (χ4v) is 3.30. The number of benzene rings is 1. The minimum atomic E-state index is 0.283. The van der Waals surface area contributed by atoms with Gasteiger partial charge in [0.15, 0.2) is 5.78 Å². The van der Waals surface area contributed by atoms with E-state index in [4.69, 9.17) is 0 Å². The van der Waals surface area contributed by atoms with Gasteiger partial charge in [-0.25, -0.2) is 0 Å². The molecule has 1 saturated heterocycles. The molecule has 0 aromatic heterocycles. The maximum absolute atomic E-state index is 12.1. The number of hydrogen-bond acceptors (Lipinski definition) is 2. The van der Waals surface area contributed by atoms with Crippen LogP contribution in [0.15, 0.2) is 30.3 Å². The maximum atomic E-state index is 12.1. The molecule has 1 aromatic rings. The van der Waals surface area contributed by atoms with Crippen LogP contribution in [0, 0.1) is 11.8 Å². The third kappa shape index (κ3) is 5.28. The molecule has 1 unspecified atom stereocenters. The van der Waals surface area contributed by atoms with Gasteiger partial charge >= 0.3 is 0 Å². The van der Waals surface area contributed by atoms with Crippen molar-refractivity contribution in [1.29, 1.82) is 0 Å². The Morgan fingerprint density at radius 3 is 2.67 bits per heavy atom. The average Bonchev–Trinajstić information content (AvgIpc) is 2.74. The molecular formula is C19H29NO. The van der Waals surface area contributed by atoms with Crippen molar-refractivity contribution in [2.75, 3.05) is 19.6 Å². The Morgan fingerprint density at radius 2 is 1.95 bits per heavy atom. The Balaban J connectivity index is 1.70. The predicted octanol–water partition coefficient (Wildman–Crippen LogP) is 4.41. The van der Waals surface area contributed by atoms with E-state index in [1.54, 1.807) is 0 Å². The third-order valence-corrected chi connectivity index (χ3v) is 4.78. The third-order valence-electron chi connectivity index (χ3n) is 4.78. The molecule has 0 bridgehead atoms. The highest BCUT2D eigenvalue weighted by Crippen LogP contribution is 2.24. The molecular weight excluding hydrogens is 258 g/mol. The number of nitrogens with zero attached hydrogens (tertiary/aromatic N) is 1. The zero-order valence-corrected chi connectivity index (χ0v) is 13.6. The molecule has 0 amide bonds. The molecule has 1 heterocycles. The molecule has 2 rings (SSSR count). The van der Waals surface area contributed by atoms with Gasteiger partial charge in [-0.2, -0.15) is 0 Å². The van der Waals surface area contributed by atoms with Crippen LogP contribution in [-0.2, 0) is 0 Å². The Morgan fingerprint density at radius 1 is 1.19 bits per heavy atom. The molecule has 1 atom stereocenters. The van der Waals surface area contributed by atoms with Crippen molar-refractivity contribution in [1.82, 2.24) is 4.90 Å². The number of likely N-dealkylation sites (tertiary alicyclic amines) is 1. The van der Waals surface area contributed by atoms with E-state index < -0.39 is 0 Å². The Labute approximate surface area is 129 Å². The molecule has 0 radical (unpaired) electrons. The molecule has 0 aliphatic carbocycles. The van der Waals surface area contributed by atoms with E-state index in [0.717, 1.165) is 30.4 Å². The molecule has 2 heteroatoms. The van der Waals surface area contributed by atoms with Crippen LogP contribution in [0.25, 0.3) is 0 Å². The van der Waals surface area contributed by atoms with Crippen molar-refractivity contribution in [2.45, 2.75) is 46.0 Å². The van der Waals surface area contributed by atoms with Gasteiger partial charge in [-0.3, -0.25) is 4.79 Å². The van der Waals surface area contributed by atoms with Crippen LogP contribution in [0.3, 0.4) is 0 Å². The number of carbonyl (C=O) groups excluding carboxylic acids is 1. The summed E-state index contributed by atoms with van der Waals surface area (Å²) in [6.45, 7) is 8.19. The second-order valence-corrected chi connectivity index (χ2v) is 6.67. The topological polar surface area (TPSA) is 20.3 Å². The molecule has 116 valence electrons. The van der Waals surface area contributed by atoms with Crippen LogP contribution in [-0.4, -0.2) is 30.3 Å². The van der Waals surface area contributed by atoms with E-state index in [1.807, 2.05) is 30.3 Å². The lowest BCUT2D eigenvalue weighted by Crippen LogP contribution is -2.26. The maximum Gasteiger partial charge on any atom is 0.162 e. The van der Waals surface area contributed by atoms with E-state index in [2.05, 4.69) is 18.7 Å². The highest BCUT2D eigenvalue weighted by Gasteiger charge is 2.19. The summed E-state index contributed by atoms with van der Waals surface area (Å²) in [6, 6.07) is 9.67. The Kier molecular flexibility index (Phi) is 6.44. The standard InChI is InChI=1S/C19H29NO/c1-16(2)17-10-6-13-20(15-12-17)14-7-11-19(21)18-8-4-3-5-9-18/h3-5,8-9,16-17H,6-7,10-15H2,1-2H3. The van der Waals surface area contributed by atoms with Crippen molar-refractivity contribution < 1.29 is 4.79 Å². The van der Waals surface area contributed by atoms with Crippen LogP contribution in [0.1, 0.15) is 56.3 Å². The van der Waals surface area contributed by atoms with Gasteiger partial charge in [0.1, 0.15) is 0 Å². The van der Waals surface area contributed by atoms with Crippen molar-refractivity contribution in [3.63, 3.8) is 0 Å². The van der Waals surface area contributed by atoms with Gasteiger partial charge in [-0.15, -0.1) is 0 Å². The zero-order valence-electron chi connectivity index (χ0n) is 13.6. The van der Waals surface area contributed by atoms with Crippen molar-refractivity contribution in [2.24, 2.45) is 11.8 Å². The van der Waals surface area contributed by atoms with E-state index in [9.17, 15) is 4.79 Å². The number of hydrogen-bond donors (Lipinski definition) is 0. The van der Waals surface area contributed by atoms with Gasteiger partial charge in [0.2, 0.25) is 0 Å². The summed E-state index contributed by atoms with van der Waals surface area (Å²) in [4.78, 5) is 14.6. The quantitative estimate of drug-likeness (QED) is 0.722. The molecule has 1 fully saturated rings. The van der Waals surface area contributed by atoms with Gasteiger partial charge in [0.25, 0.3) is 0 Å². The van der Waals surface area contributed by atoms with Crippen LogP contribution < -0.4 is 0 Å². The van der Waals surface area contributed by atoms with Crippen LogP contribution in [0.2, 0.25) is 0 Å². The summed E-state index contributed by atoms with van der Waals surface area (Å²) in [6.07, 6.45) is 5.67. The van der Waals surface area contributed by atoms with Gasteiger partial charge in [-0.05, 0) is 57.2 Å². The van der Waals surface area contributed by atoms with Crippen molar-refractivity contribution in [3.05, 3.63) is 35.9 Å². The second kappa shape index (κ2) is 8.33. The highest BCUT2D eigenvalue weighted by molar-refractivity contribution is 5.95. The summed E-state index contributed by atoms with van der Waals surface area (Å²) in [5.74, 6) is 1.98. The lowest BCUT2D eigenvalue weighted by Gasteiger charge is -2.21. The molecule has 0 spiro atoms. The SMILES string of the molecule is CC(C)C1CCCN(CCCC(=O)c2ccccc2)CC1. The molecule has 0 N–H and O–H groups in total. The van der Waals surface area contributed by atoms with E-state index in [0.29, 0.717) is 6.42 Å². The number of carbonyl (C=O) groups is 1. The highest BCUT2D eigenvalue weighted by atomic mass is 16.1.